The number of halogens is 12. The molecule has 0 aliphatic heterocycles. The molecule has 0 aromatic heterocycles. The van der Waals surface area contributed by atoms with Crippen molar-refractivity contribution in [2.75, 3.05) is 0 Å². The average molecular weight is 488 g/mol. The van der Waals surface area contributed by atoms with E-state index < -0.39 is 103 Å². The molecule has 0 heterocycles. The quantitative estimate of drug-likeness (QED) is 0.295. The topological polar surface area (TPSA) is 0 Å². The third-order valence-corrected chi connectivity index (χ3v) is 7.93. The molecule has 0 atom stereocenters. The van der Waals surface area contributed by atoms with Crippen LogP contribution in [0.5, 0.6) is 0 Å². The molecule has 0 aliphatic rings. The Kier molecular flexibility index (Phi) is 6.28. The minimum absolute atomic E-state index is 0.373. The molecule has 0 radical (unpaired) electrons. The van der Waals surface area contributed by atoms with Crippen LogP contribution in [0.25, 0.3) is 0 Å². The van der Waals surface area contributed by atoms with Gasteiger partial charge in [-0.3, -0.25) is 0 Å². The van der Waals surface area contributed by atoms with Gasteiger partial charge in [0.1, 0.15) is 34.9 Å². The minimum atomic E-state index is -5.42. The largest absolute Gasteiger partial charge is 0.413 e. The number of hydrogen-bond acceptors (Lipinski definition) is 0. The zero-order valence-electron chi connectivity index (χ0n) is 15.3. The maximum absolute atomic E-state index is 14.6. The molecule has 3 aromatic carbocycles. The molecule has 0 nitrogen and oxygen atoms in total. The van der Waals surface area contributed by atoms with Gasteiger partial charge in [-0.05, 0) is 20.2 Å². The van der Waals surface area contributed by atoms with Crippen molar-refractivity contribution in [2.24, 2.45) is 0 Å². The van der Waals surface area contributed by atoms with Crippen LogP contribution in [0.1, 0.15) is 5.56 Å². The second kappa shape index (κ2) is 8.37. The highest BCUT2D eigenvalue weighted by molar-refractivity contribution is 6.95. The summed E-state index contributed by atoms with van der Waals surface area (Å²) >= 11 is -5.42. The number of rotatable bonds is 3. The van der Waals surface area contributed by atoms with Crippen LogP contribution in [-0.2, 0) is 0 Å². The van der Waals surface area contributed by atoms with E-state index in [0.29, 0.717) is 6.92 Å². The first-order valence-electron chi connectivity index (χ1n) is 8.29. The Morgan fingerprint density at radius 2 is 0.656 bits per heavy atom. The molecule has 13 heteroatoms. The van der Waals surface area contributed by atoms with Gasteiger partial charge >= 0.3 is 14.1 Å². The van der Waals surface area contributed by atoms with Crippen molar-refractivity contribution >= 4 is 27.4 Å². The van der Waals surface area contributed by atoms with Crippen LogP contribution in [0.15, 0.2) is 12.1 Å². The lowest BCUT2D eigenvalue weighted by molar-refractivity contribution is 0.451. The monoisotopic (exact) mass is 488 g/mol. The normalized spacial score (nSPS) is 11.3. The first-order valence-corrected chi connectivity index (χ1v) is 10.0. The first-order chi connectivity index (χ1) is 14.8. The summed E-state index contributed by atoms with van der Waals surface area (Å²) in [5.41, 5.74) is -1.30. The van der Waals surface area contributed by atoms with Gasteiger partial charge in [-0.25, -0.2) is 52.7 Å². The molecule has 0 aliphatic carbocycles. The molecule has 0 spiro atoms. The lowest BCUT2D eigenvalue weighted by Gasteiger charge is -2.20. The summed E-state index contributed by atoms with van der Waals surface area (Å²) in [6, 6.07) is -0.747. The van der Waals surface area contributed by atoms with Crippen LogP contribution in [0.3, 0.4) is 0 Å². The highest BCUT2D eigenvalue weighted by Gasteiger charge is 2.45. The molecule has 0 fully saturated rings. The van der Waals surface area contributed by atoms with Crippen LogP contribution >= 0.6 is 0 Å². The van der Waals surface area contributed by atoms with Gasteiger partial charge in [0, 0.05) is 17.7 Å². The van der Waals surface area contributed by atoms with E-state index in [-0.39, 0.29) is 12.1 Å². The van der Waals surface area contributed by atoms with Crippen LogP contribution in [0.4, 0.5) is 52.7 Å². The second-order valence-corrected chi connectivity index (χ2v) is 9.09. The Bertz CT molecular complexity index is 1130. The van der Waals surface area contributed by atoms with Gasteiger partial charge in [-0.1, -0.05) is 0 Å². The van der Waals surface area contributed by atoms with E-state index in [1.807, 2.05) is 0 Å². The molecule has 3 rings (SSSR count). The van der Waals surface area contributed by atoms with Gasteiger partial charge in [0.05, 0.1) is 0 Å². The lowest BCUT2D eigenvalue weighted by atomic mass is 10.2. The summed E-state index contributed by atoms with van der Waals surface area (Å²) < 4.78 is 164. The molecule has 0 bridgehead atoms. The van der Waals surface area contributed by atoms with Crippen LogP contribution in [0.2, 0.25) is 0 Å². The van der Waals surface area contributed by atoms with Crippen molar-refractivity contribution in [1.82, 2.24) is 0 Å². The van der Waals surface area contributed by atoms with Gasteiger partial charge in [-0.2, -0.15) is 0 Å². The maximum atomic E-state index is 14.6. The van der Waals surface area contributed by atoms with E-state index in [1.165, 1.54) is 0 Å². The van der Waals surface area contributed by atoms with Gasteiger partial charge in [-0.15, -0.1) is 0 Å². The Balaban J connectivity index is 2.64. The van der Waals surface area contributed by atoms with Crippen molar-refractivity contribution in [3.63, 3.8) is 0 Å². The zero-order chi connectivity index (χ0) is 24.2. The molecule has 168 valence electrons. The molecule has 0 unspecified atom stereocenters. The molecule has 0 amide bonds. The van der Waals surface area contributed by atoms with E-state index in [2.05, 4.69) is 0 Å². The SMILES string of the molecule is Cc1c(F)c(F)[c]([Al]([c]2c(F)c(F)cc(F)c2F)[c]2c(F)c(F)cc(F)c2F)c(F)c1F. The predicted molar refractivity (Wildman–Crippen MR) is 88.2 cm³/mol. The summed E-state index contributed by atoms with van der Waals surface area (Å²) in [7, 11) is 0. The minimum Gasteiger partial charge on any atom is -0.205 e. The van der Waals surface area contributed by atoms with E-state index in [4.69, 9.17) is 0 Å². The Hall–Kier alpha value is -2.65. The molecule has 0 saturated heterocycles. The summed E-state index contributed by atoms with van der Waals surface area (Å²) in [5, 5.41) is 0. The zero-order valence-corrected chi connectivity index (χ0v) is 16.4. The van der Waals surface area contributed by atoms with Crippen LogP contribution in [0, 0.1) is 76.7 Å². The fourth-order valence-corrected chi connectivity index (χ4v) is 6.33. The van der Waals surface area contributed by atoms with Gasteiger partial charge in [0.25, 0.3) is 0 Å². The highest BCUT2D eigenvalue weighted by Crippen LogP contribution is 2.21. The molecule has 0 N–H and O–H groups in total. The van der Waals surface area contributed by atoms with Crippen molar-refractivity contribution in [3.05, 3.63) is 87.5 Å². The molecular formula is C19H5AlF12. The Labute approximate surface area is 175 Å². The summed E-state index contributed by atoms with van der Waals surface area (Å²) in [6.07, 6.45) is 0. The summed E-state index contributed by atoms with van der Waals surface area (Å²) in [4.78, 5) is 0. The molecule has 32 heavy (non-hydrogen) atoms. The molecular weight excluding hydrogens is 483 g/mol. The average Bonchev–Trinajstić information content (AvgIpc) is 2.73. The third kappa shape index (κ3) is 3.53. The number of hydrogen-bond donors (Lipinski definition) is 0. The van der Waals surface area contributed by atoms with Crippen molar-refractivity contribution < 1.29 is 52.7 Å². The van der Waals surface area contributed by atoms with Crippen LogP contribution in [-0.4, -0.2) is 14.1 Å². The van der Waals surface area contributed by atoms with Crippen molar-refractivity contribution in [3.8, 4) is 0 Å². The Morgan fingerprint density at radius 1 is 0.406 bits per heavy atom. The molecule has 3 aromatic rings. The fraction of sp³-hybridized carbons (Fsp3) is 0.0526. The van der Waals surface area contributed by atoms with Crippen molar-refractivity contribution in [1.29, 1.82) is 0 Å². The third-order valence-electron chi connectivity index (χ3n) is 4.67. The van der Waals surface area contributed by atoms with E-state index in [1.54, 1.807) is 0 Å². The second-order valence-electron chi connectivity index (χ2n) is 6.49. The van der Waals surface area contributed by atoms with E-state index >= 15 is 0 Å². The van der Waals surface area contributed by atoms with E-state index in [9.17, 15) is 52.7 Å². The highest BCUT2D eigenvalue weighted by atomic mass is 27.2. The standard InChI is InChI=1S/C7H3F4.2C6HF4.Al/c1-3-6(10)4(8)2-5(9)7(3)11;2*7-3-1-4(8)6(10)2-5(3)9;/h1H3;2*1H;. The number of benzene rings is 3. The lowest BCUT2D eigenvalue weighted by Crippen LogP contribution is -2.60. The molecule has 0 saturated carbocycles. The Morgan fingerprint density at radius 3 is 0.938 bits per heavy atom. The van der Waals surface area contributed by atoms with Crippen LogP contribution < -0.4 is 13.3 Å². The first kappa shape index (κ1) is 24.0. The smallest absolute Gasteiger partial charge is 0.205 e. The van der Waals surface area contributed by atoms with Gasteiger partial charge in [0.2, 0.25) is 0 Å². The van der Waals surface area contributed by atoms with Gasteiger partial charge in [0.15, 0.2) is 34.9 Å². The fourth-order valence-electron chi connectivity index (χ4n) is 3.14. The van der Waals surface area contributed by atoms with Crippen molar-refractivity contribution in [2.45, 2.75) is 6.92 Å². The summed E-state index contributed by atoms with van der Waals surface area (Å²) in [5.74, 6) is -27.8. The van der Waals surface area contributed by atoms with Gasteiger partial charge < -0.3 is 0 Å². The predicted octanol–water partition coefficient (Wildman–Crippen LogP) is 4.18. The summed E-state index contributed by atoms with van der Waals surface area (Å²) in [6.45, 7) is 0.531. The van der Waals surface area contributed by atoms with E-state index in [0.717, 1.165) is 0 Å². The maximum Gasteiger partial charge on any atom is 0.413 e.